The van der Waals surface area contributed by atoms with Gasteiger partial charge >= 0.3 is 0 Å². The Labute approximate surface area is 158 Å². The van der Waals surface area contributed by atoms with Crippen LogP contribution in [0.2, 0.25) is 0 Å². The van der Waals surface area contributed by atoms with Crippen molar-refractivity contribution in [3.8, 4) is 0 Å². The summed E-state index contributed by atoms with van der Waals surface area (Å²) in [5.41, 5.74) is 3.40. The van der Waals surface area contributed by atoms with E-state index < -0.39 is 0 Å². The molecule has 0 radical (unpaired) electrons. The highest BCUT2D eigenvalue weighted by Crippen LogP contribution is 2.10. The fraction of sp³-hybridized carbons (Fsp3) is 0.182. The number of halogens is 1. The number of nitrogens with one attached hydrogen (secondary N) is 2. The van der Waals surface area contributed by atoms with Crippen LogP contribution in [0.5, 0.6) is 0 Å². The number of rotatable bonds is 7. The molecule has 4 nitrogen and oxygen atoms in total. The zero-order valence-corrected chi connectivity index (χ0v) is 15.2. The van der Waals surface area contributed by atoms with E-state index in [2.05, 4.69) is 15.6 Å². The summed E-state index contributed by atoms with van der Waals surface area (Å²) in [6, 6.07) is 18.1. The Bertz CT molecular complexity index is 927. The molecule has 0 aliphatic heterocycles. The molecule has 27 heavy (non-hydrogen) atoms. The van der Waals surface area contributed by atoms with Crippen molar-refractivity contribution < 1.29 is 9.18 Å². The van der Waals surface area contributed by atoms with Crippen LogP contribution in [-0.4, -0.2) is 17.4 Å². The molecular formula is C22H22FN3O. The number of amides is 1. The largest absolute Gasteiger partial charge is 0.370 e. The van der Waals surface area contributed by atoms with Crippen LogP contribution in [0.25, 0.3) is 0 Å². The second-order valence-electron chi connectivity index (χ2n) is 6.37. The number of aromatic nitrogens is 1. The maximum absolute atomic E-state index is 13.6. The summed E-state index contributed by atoms with van der Waals surface area (Å²) in [5.74, 6) is 0.224. The molecule has 0 atom stereocenters. The third-order valence-corrected chi connectivity index (χ3v) is 4.22. The van der Waals surface area contributed by atoms with E-state index in [0.717, 1.165) is 11.1 Å². The number of nitrogens with zero attached hydrogens (tertiary/aromatic N) is 1. The Balaban J connectivity index is 1.54. The van der Waals surface area contributed by atoms with Gasteiger partial charge in [-0.1, -0.05) is 48.0 Å². The fourth-order valence-electron chi connectivity index (χ4n) is 2.80. The van der Waals surface area contributed by atoms with Gasteiger partial charge < -0.3 is 10.6 Å². The first-order valence-electron chi connectivity index (χ1n) is 8.89. The molecule has 0 saturated heterocycles. The molecule has 1 aromatic heterocycles. The molecule has 1 amide bonds. The van der Waals surface area contributed by atoms with E-state index in [9.17, 15) is 9.18 Å². The van der Waals surface area contributed by atoms with Crippen molar-refractivity contribution in [3.63, 3.8) is 0 Å². The molecule has 0 aliphatic carbocycles. The summed E-state index contributed by atoms with van der Waals surface area (Å²) >= 11 is 0. The summed E-state index contributed by atoms with van der Waals surface area (Å²) in [6.07, 6.45) is 2.13. The number of anilines is 1. The number of carbonyl (C=O) groups is 1. The van der Waals surface area contributed by atoms with Gasteiger partial charge in [-0.05, 0) is 42.7 Å². The Morgan fingerprint density at radius 1 is 1.07 bits per heavy atom. The van der Waals surface area contributed by atoms with Gasteiger partial charge in [-0.2, -0.15) is 0 Å². The average molecular weight is 363 g/mol. The van der Waals surface area contributed by atoms with E-state index >= 15 is 0 Å². The zero-order valence-electron chi connectivity index (χ0n) is 15.2. The lowest BCUT2D eigenvalue weighted by molar-refractivity contribution is 0.0951. The van der Waals surface area contributed by atoms with Crippen LogP contribution in [0, 0.1) is 12.7 Å². The summed E-state index contributed by atoms with van der Waals surface area (Å²) in [7, 11) is 0. The smallest absolute Gasteiger partial charge is 0.251 e. The molecular weight excluding hydrogens is 341 g/mol. The van der Waals surface area contributed by atoms with Crippen molar-refractivity contribution >= 4 is 11.7 Å². The Morgan fingerprint density at radius 2 is 1.93 bits per heavy atom. The van der Waals surface area contributed by atoms with Gasteiger partial charge in [0.15, 0.2) is 0 Å². The predicted molar refractivity (Wildman–Crippen MR) is 105 cm³/mol. The average Bonchev–Trinajstić information content (AvgIpc) is 2.68. The molecule has 2 N–H and O–H groups in total. The van der Waals surface area contributed by atoms with E-state index in [4.69, 9.17) is 0 Å². The van der Waals surface area contributed by atoms with E-state index in [1.807, 2.05) is 37.3 Å². The molecule has 138 valence electrons. The van der Waals surface area contributed by atoms with Crippen LogP contribution in [-0.2, 0) is 13.0 Å². The lowest BCUT2D eigenvalue weighted by atomic mass is 10.1. The summed E-state index contributed by atoms with van der Waals surface area (Å²) in [6.45, 7) is 3.02. The number of benzene rings is 2. The number of hydrogen-bond acceptors (Lipinski definition) is 3. The first-order valence-corrected chi connectivity index (χ1v) is 8.89. The quantitative estimate of drug-likeness (QED) is 0.664. The van der Waals surface area contributed by atoms with Crippen molar-refractivity contribution in [3.05, 3.63) is 94.9 Å². The lowest BCUT2D eigenvalue weighted by Gasteiger charge is -2.09. The molecule has 2 aromatic carbocycles. The highest BCUT2D eigenvalue weighted by Gasteiger charge is 2.07. The van der Waals surface area contributed by atoms with Crippen LogP contribution in [0.15, 0.2) is 66.9 Å². The second-order valence-corrected chi connectivity index (χ2v) is 6.37. The standard InChI is InChI=1S/C22H22FN3O/c1-16-5-4-6-17(13-16)15-26-22(27)19-10-12-25-21(14-19)24-11-9-18-7-2-3-8-20(18)23/h2-8,10,12-14H,9,11,15H2,1H3,(H,24,25)(H,26,27). The SMILES string of the molecule is Cc1cccc(CNC(=O)c2ccnc(NCCc3ccccc3F)c2)c1. The van der Waals surface area contributed by atoms with Gasteiger partial charge in [0.05, 0.1) is 0 Å². The monoisotopic (exact) mass is 363 g/mol. The minimum atomic E-state index is -0.212. The molecule has 0 bridgehead atoms. The van der Waals surface area contributed by atoms with Crippen LogP contribution >= 0.6 is 0 Å². The maximum Gasteiger partial charge on any atom is 0.251 e. The molecule has 5 heteroatoms. The van der Waals surface area contributed by atoms with E-state index in [1.54, 1.807) is 30.5 Å². The van der Waals surface area contributed by atoms with Crippen LogP contribution in [0.1, 0.15) is 27.0 Å². The molecule has 0 spiro atoms. The van der Waals surface area contributed by atoms with Crippen molar-refractivity contribution in [2.75, 3.05) is 11.9 Å². The molecule has 0 saturated carbocycles. The minimum Gasteiger partial charge on any atom is -0.370 e. The molecule has 3 rings (SSSR count). The summed E-state index contributed by atoms with van der Waals surface area (Å²) in [4.78, 5) is 16.6. The number of hydrogen-bond donors (Lipinski definition) is 2. The Kier molecular flexibility index (Phi) is 6.15. The van der Waals surface area contributed by atoms with E-state index in [1.165, 1.54) is 6.07 Å². The van der Waals surface area contributed by atoms with Gasteiger partial charge in [0.2, 0.25) is 0 Å². The van der Waals surface area contributed by atoms with Crippen molar-refractivity contribution in [2.45, 2.75) is 19.9 Å². The minimum absolute atomic E-state index is 0.156. The third kappa shape index (κ3) is 5.38. The number of aryl methyl sites for hydroxylation is 1. The lowest BCUT2D eigenvalue weighted by Crippen LogP contribution is -2.23. The zero-order chi connectivity index (χ0) is 19.1. The van der Waals surface area contributed by atoms with Crippen molar-refractivity contribution in [1.82, 2.24) is 10.3 Å². The molecule has 0 unspecified atom stereocenters. The van der Waals surface area contributed by atoms with Gasteiger partial charge in [-0.3, -0.25) is 4.79 Å². The van der Waals surface area contributed by atoms with Crippen LogP contribution in [0.3, 0.4) is 0 Å². The van der Waals surface area contributed by atoms with Gasteiger partial charge in [-0.25, -0.2) is 9.37 Å². The summed E-state index contributed by atoms with van der Waals surface area (Å²) in [5, 5.41) is 6.05. The predicted octanol–water partition coefficient (Wildman–Crippen LogP) is 4.11. The first-order chi connectivity index (χ1) is 13.1. The number of pyridine rings is 1. The topological polar surface area (TPSA) is 54.0 Å². The van der Waals surface area contributed by atoms with Crippen molar-refractivity contribution in [2.24, 2.45) is 0 Å². The maximum atomic E-state index is 13.6. The van der Waals surface area contributed by atoms with E-state index in [0.29, 0.717) is 36.5 Å². The highest BCUT2D eigenvalue weighted by molar-refractivity contribution is 5.94. The number of carbonyl (C=O) groups excluding carboxylic acids is 1. The Morgan fingerprint density at radius 3 is 2.74 bits per heavy atom. The van der Waals surface area contributed by atoms with Crippen LogP contribution < -0.4 is 10.6 Å². The van der Waals surface area contributed by atoms with Crippen LogP contribution in [0.4, 0.5) is 10.2 Å². The van der Waals surface area contributed by atoms with Gasteiger partial charge in [0, 0.05) is 24.8 Å². The molecule has 0 fully saturated rings. The second kappa shape index (κ2) is 8.94. The third-order valence-electron chi connectivity index (χ3n) is 4.22. The molecule has 0 aliphatic rings. The van der Waals surface area contributed by atoms with Gasteiger partial charge in [0.25, 0.3) is 5.91 Å². The van der Waals surface area contributed by atoms with Crippen molar-refractivity contribution in [1.29, 1.82) is 0 Å². The van der Waals surface area contributed by atoms with Gasteiger partial charge in [-0.15, -0.1) is 0 Å². The summed E-state index contributed by atoms with van der Waals surface area (Å²) < 4.78 is 13.6. The van der Waals surface area contributed by atoms with E-state index in [-0.39, 0.29) is 11.7 Å². The van der Waals surface area contributed by atoms with Gasteiger partial charge in [0.1, 0.15) is 11.6 Å². The first kappa shape index (κ1) is 18.6. The molecule has 1 heterocycles. The Hall–Kier alpha value is -3.21. The molecule has 3 aromatic rings. The fourth-order valence-corrected chi connectivity index (χ4v) is 2.80. The highest BCUT2D eigenvalue weighted by atomic mass is 19.1. The normalized spacial score (nSPS) is 10.4.